The Kier molecular flexibility index (Phi) is 8.54. The summed E-state index contributed by atoms with van der Waals surface area (Å²) in [5, 5.41) is 1.81. The summed E-state index contributed by atoms with van der Waals surface area (Å²) in [5.41, 5.74) is -1.96. The number of hydrogen-bond donors (Lipinski definition) is 0. The highest BCUT2D eigenvalue weighted by Crippen LogP contribution is 2.38. The van der Waals surface area contributed by atoms with Crippen LogP contribution >= 0.6 is 22.9 Å². The summed E-state index contributed by atoms with van der Waals surface area (Å²) in [4.78, 5) is 30.8. The Labute approximate surface area is 268 Å². The van der Waals surface area contributed by atoms with Crippen LogP contribution in [0.25, 0.3) is 16.8 Å². The van der Waals surface area contributed by atoms with Crippen molar-refractivity contribution in [1.82, 2.24) is 4.57 Å². The highest BCUT2D eigenvalue weighted by atomic mass is 35.5. The maximum Gasteiger partial charge on any atom is 0.434 e. The van der Waals surface area contributed by atoms with E-state index in [0.717, 1.165) is 21.3 Å². The van der Waals surface area contributed by atoms with Gasteiger partial charge in [0.25, 0.3) is 5.56 Å². The van der Waals surface area contributed by atoms with Crippen LogP contribution in [0.5, 0.6) is 5.75 Å². The molecular formula is C34H23ClF4N2O4S. The molecular weight excluding hydrogens is 644 g/mol. The van der Waals surface area contributed by atoms with Crippen LogP contribution in [0.1, 0.15) is 29.7 Å². The summed E-state index contributed by atoms with van der Waals surface area (Å²) in [6, 6.07) is 21.2. The molecule has 0 amide bonds. The van der Waals surface area contributed by atoms with E-state index in [1.165, 1.54) is 43.3 Å². The number of aromatic nitrogens is 1. The number of fused-ring (bicyclic) bond motifs is 2. The molecule has 234 valence electrons. The summed E-state index contributed by atoms with van der Waals surface area (Å²) >= 11 is 6.80. The lowest BCUT2D eigenvalue weighted by molar-refractivity contribution is -0.140. The fourth-order valence-corrected chi connectivity index (χ4v) is 6.36. The monoisotopic (exact) mass is 666 g/mol. The largest absolute Gasteiger partial charge is 0.488 e. The zero-order valence-electron chi connectivity index (χ0n) is 24.0. The van der Waals surface area contributed by atoms with E-state index in [1.54, 1.807) is 30.3 Å². The molecule has 1 aromatic heterocycles. The predicted octanol–water partition coefficient (Wildman–Crippen LogP) is 6.87. The van der Waals surface area contributed by atoms with Gasteiger partial charge in [0.2, 0.25) is 0 Å². The van der Waals surface area contributed by atoms with E-state index in [4.69, 9.17) is 21.1 Å². The van der Waals surface area contributed by atoms with Gasteiger partial charge >= 0.3 is 12.1 Å². The van der Waals surface area contributed by atoms with Gasteiger partial charge in [-0.1, -0.05) is 83.6 Å². The molecule has 0 radical (unpaired) electrons. The third kappa shape index (κ3) is 5.95. The molecule has 2 heterocycles. The summed E-state index contributed by atoms with van der Waals surface area (Å²) in [6.07, 6.45) is -3.52. The Morgan fingerprint density at radius 2 is 1.74 bits per heavy atom. The number of thiazole rings is 1. The molecule has 0 saturated carbocycles. The summed E-state index contributed by atoms with van der Waals surface area (Å²) < 4.78 is 69.9. The second-order valence-corrected chi connectivity index (χ2v) is 11.6. The first-order valence-corrected chi connectivity index (χ1v) is 15.2. The van der Waals surface area contributed by atoms with Crippen molar-refractivity contribution in [3.63, 3.8) is 0 Å². The zero-order valence-corrected chi connectivity index (χ0v) is 25.5. The minimum Gasteiger partial charge on any atom is -0.488 e. The third-order valence-corrected chi connectivity index (χ3v) is 8.56. The number of halogens is 5. The molecule has 5 aromatic rings. The first-order chi connectivity index (χ1) is 22.1. The molecule has 46 heavy (non-hydrogen) atoms. The van der Waals surface area contributed by atoms with Gasteiger partial charge in [0.05, 0.1) is 22.8 Å². The van der Waals surface area contributed by atoms with Crippen LogP contribution in [0.3, 0.4) is 0 Å². The Morgan fingerprint density at radius 3 is 2.46 bits per heavy atom. The molecule has 1 atom stereocenters. The number of hydrogen-bond acceptors (Lipinski definition) is 6. The quantitative estimate of drug-likeness (QED) is 0.141. The smallest absolute Gasteiger partial charge is 0.434 e. The fraction of sp³-hybridized carbons (Fsp3) is 0.147. The number of allylic oxidation sites excluding steroid dienone is 1. The number of benzene rings is 4. The fourth-order valence-electron chi connectivity index (χ4n) is 5.25. The van der Waals surface area contributed by atoms with Crippen molar-refractivity contribution in [2.24, 2.45) is 4.99 Å². The molecule has 6 nitrogen and oxygen atoms in total. The third-order valence-electron chi connectivity index (χ3n) is 7.33. The van der Waals surface area contributed by atoms with Crippen LogP contribution in [0.4, 0.5) is 17.6 Å². The first-order valence-electron chi connectivity index (χ1n) is 14.0. The molecule has 4 aromatic carbocycles. The molecule has 1 aliphatic heterocycles. The van der Waals surface area contributed by atoms with Crippen molar-refractivity contribution < 1.29 is 31.8 Å². The Morgan fingerprint density at radius 1 is 1.02 bits per heavy atom. The average molecular weight is 667 g/mol. The highest BCUT2D eigenvalue weighted by molar-refractivity contribution is 7.07. The molecule has 0 unspecified atom stereocenters. The maximum atomic E-state index is 14.5. The van der Waals surface area contributed by atoms with Gasteiger partial charge in [0.1, 0.15) is 18.2 Å². The number of carbonyl (C=O) groups excluding carboxylic acids is 1. The van der Waals surface area contributed by atoms with E-state index in [9.17, 15) is 27.2 Å². The predicted molar refractivity (Wildman–Crippen MR) is 167 cm³/mol. The lowest BCUT2D eigenvalue weighted by Gasteiger charge is -2.26. The molecule has 0 aliphatic carbocycles. The van der Waals surface area contributed by atoms with Crippen molar-refractivity contribution in [3.05, 3.63) is 143 Å². The lowest BCUT2D eigenvalue weighted by Crippen LogP contribution is -2.41. The number of esters is 1. The number of rotatable bonds is 7. The van der Waals surface area contributed by atoms with Crippen LogP contribution in [-0.2, 0) is 16.1 Å². The number of carbonyl (C=O) groups is 1. The summed E-state index contributed by atoms with van der Waals surface area (Å²) in [5.74, 6) is -1.37. The molecule has 0 N–H and O–H groups in total. The topological polar surface area (TPSA) is 69.9 Å². The molecule has 0 fully saturated rings. The van der Waals surface area contributed by atoms with E-state index < -0.39 is 40.8 Å². The second kappa shape index (κ2) is 12.6. The van der Waals surface area contributed by atoms with Gasteiger partial charge in [-0.25, -0.2) is 14.2 Å². The molecule has 0 spiro atoms. The normalized spacial score (nSPS) is 15.1. The molecule has 0 bridgehead atoms. The zero-order chi connectivity index (χ0) is 32.6. The van der Waals surface area contributed by atoms with E-state index in [1.807, 2.05) is 24.3 Å². The number of ether oxygens (including phenoxy) is 2. The highest BCUT2D eigenvalue weighted by Gasteiger charge is 2.45. The Bertz CT molecular complexity index is 2190. The molecule has 6 rings (SSSR count). The standard InChI is InChI=1S/C34H23ClF4N2O4S/c1-2-44-32(43)28-29(20-11-14-22(35)15-12-20)41-31(42)27(46-33(41)40-30(28)34(37,38)39)17-24-23-9-5-3-7-19(23)13-16-26(24)45-18-21-8-4-6-10-25(21)36/h3-17,29H,2,18H2,1H3/b27-17-/t29-/m0/s1. The van der Waals surface area contributed by atoms with E-state index >= 15 is 0 Å². The minimum atomic E-state index is -5.04. The molecule has 12 heteroatoms. The van der Waals surface area contributed by atoms with Gasteiger partial charge < -0.3 is 9.47 Å². The van der Waals surface area contributed by atoms with Crippen LogP contribution in [0, 0.1) is 5.82 Å². The Balaban J connectivity index is 1.58. The van der Waals surface area contributed by atoms with E-state index in [2.05, 4.69) is 4.99 Å². The van der Waals surface area contributed by atoms with Crippen molar-refractivity contribution >= 4 is 45.8 Å². The van der Waals surface area contributed by atoms with Gasteiger partial charge in [0.15, 0.2) is 10.5 Å². The Hall–Kier alpha value is -4.74. The molecule has 0 saturated heterocycles. The van der Waals surface area contributed by atoms with Crippen molar-refractivity contribution in [3.8, 4) is 5.75 Å². The van der Waals surface area contributed by atoms with Gasteiger partial charge in [-0.05, 0) is 53.6 Å². The van der Waals surface area contributed by atoms with Crippen LogP contribution < -0.4 is 19.6 Å². The van der Waals surface area contributed by atoms with Crippen LogP contribution in [0.2, 0.25) is 5.02 Å². The van der Waals surface area contributed by atoms with Crippen molar-refractivity contribution in [2.45, 2.75) is 25.7 Å². The SMILES string of the molecule is CCOC(=O)C1=C(C(F)(F)F)N=c2s/c(=C\c3c(OCc4ccccc4F)ccc4ccccc34)c(=O)n2[C@H]1c1ccc(Cl)cc1. The van der Waals surface area contributed by atoms with Gasteiger partial charge in [-0.3, -0.25) is 9.36 Å². The molecule has 1 aliphatic rings. The van der Waals surface area contributed by atoms with Crippen LogP contribution in [0.15, 0.2) is 106 Å². The van der Waals surface area contributed by atoms with Crippen LogP contribution in [-0.4, -0.2) is 23.3 Å². The van der Waals surface area contributed by atoms with Gasteiger partial charge in [-0.15, -0.1) is 0 Å². The maximum absolute atomic E-state index is 14.5. The van der Waals surface area contributed by atoms with E-state index in [-0.39, 0.29) is 28.1 Å². The van der Waals surface area contributed by atoms with Gasteiger partial charge in [-0.2, -0.15) is 13.2 Å². The summed E-state index contributed by atoms with van der Waals surface area (Å²) in [7, 11) is 0. The lowest BCUT2D eigenvalue weighted by atomic mass is 9.95. The first kappa shape index (κ1) is 31.3. The average Bonchev–Trinajstić information content (AvgIpc) is 3.35. The number of alkyl halides is 3. The van der Waals surface area contributed by atoms with E-state index in [0.29, 0.717) is 27.3 Å². The number of nitrogens with zero attached hydrogens (tertiary/aromatic N) is 2. The van der Waals surface area contributed by atoms with Gasteiger partial charge in [0, 0.05) is 16.1 Å². The second-order valence-electron chi connectivity index (χ2n) is 10.2. The van der Waals surface area contributed by atoms with Crippen molar-refractivity contribution in [2.75, 3.05) is 6.61 Å². The van der Waals surface area contributed by atoms with Crippen molar-refractivity contribution in [1.29, 1.82) is 0 Å². The summed E-state index contributed by atoms with van der Waals surface area (Å²) in [6.45, 7) is 1.16. The minimum absolute atomic E-state index is 0.0384.